The van der Waals surface area contributed by atoms with Crippen LogP contribution in [0.15, 0.2) is 24.4 Å². The molecule has 0 aliphatic carbocycles. The highest BCUT2D eigenvalue weighted by Gasteiger charge is 2.25. The second-order valence-corrected chi connectivity index (χ2v) is 6.29. The van der Waals surface area contributed by atoms with Crippen LogP contribution in [0.1, 0.15) is 46.0 Å². The topological polar surface area (TPSA) is 79.5 Å². The smallest absolute Gasteiger partial charge is 0.223 e. The molecule has 0 aromatic carbocycles. The zero-order valence-corrected chi connectivity index (χ0v) is 13.5. The summed E-state index contributed by atoms with van der Waals surface area (Å²) in [7, 11) is 0. The average molecular weight is 304 g/mol. The van der Waals surface area contributed by atoms with Gasteiger partial charge in [0.05, 0.1) is 18.6 Å². The van der Waals surface area contributed by atoms with E-state index in [-0.39, 0.29) is 30.2 Å². The molecule has 22 heavy (non-hydrogen) atoms. The third-order valence-electron chi connectivity index (χ3n) is 3.77. The quantitative estimate of drug-likeness (QED) is 0.855. The van der Waals surface area contributed by atoms with Crippen molar-refractivity contribution in [1.82, 2.24) is 19.9 Å². The van der Waals surface area contributed by atoms with Crippen LogP contribution >= 0.6 is 0 Å². The van der Waals surface area contributed by atoms with Crippen LogP contribution < -0.4 is 5.32 Å². The number of carbonyl (C=O) groups is 1. The first-order valence-electron chi connectivity index (χ1n) is 7.67. The highest BCUT2D eigenvalue weighted by molar-refractivity contribution is 5.76. The third kappa shape index (κ3) is 3.62. The number of amides is 1. The number of nitrogens with one attached hydrogen (secondary N) is 1. The van der Waals surface area contributed by atoms with Crippen LogP contribution in [-0.4, -0.2) is 31.7 Å². The average Bonchev–Trinajstić information content (AvgIpc) is 2.88. The molecule has 0 saturated carbocycles. The highest BCUT2D eigenvalue weighted by atomic mass is 16.3. The van der Waals surface area contributed by atoms with Crippen molar-refractivity contribution in [2.75, 3.05) is 0 Å². The Morgan fingerprint density at radius 2 is 1.95 bits per heavy atom. The Labute approximate surface area is 130 Å². The molecule has 2 atom stereocenters. The van der Waals surface area contributed by atoms with E-state index in [1.54, 1.807) is 0 Å². The number of nitrogens with zero attached hydrogens (tertiary/aromatic N) is 3. The van der Waals surface area contributed by atoms with Gasteiger partial charge < -0.3 is 10.4 Å². The van der Waals surface area contributed by atoms with Crippen LogP contribution in [0.4, 0.5) is 0 Å². The van der Waals surface area contributed by atoms with Crippen molar-refractivity contribution >= 4 is 11.6 Å². The van der Waals surface area contributed by atoms with Crippen molar-refractivity contribution in [3.05, 3.63) is 30.2 Å². The summed E-state index contributed by atoms with van der Waals surface area (Å²) in [6.45, 7) is 7.83. The standard InChI is InChI=1S/C16H24N4O2/c1-10(2)12(21)9-14(22)17-15(11(3)4)16-19-18-13-7-5-6-8-20(13)16/h5-8,10-12,15,21H,9H2,1-4H3,(H,17,22). The van der Waals surface area contributed by atoms with E-state index in [1.807, 2.05) is 56.5 Å². The number of aliphatic hydroxyl groups is 1. The maximum Gasteiger partial charge on any atom is 0.223 e. The lowest BCUT2D eigenvalue weighted by Gasteiger charge is -2.22. The van der Waals surface area contributed by atoms with Gasteiger partial charge in [-0.15, -0.1) is 10.2 Å². The molecular weight excluding hydrogens is 280 g/mol. The Morgan fingerprint density at radius 3 is 2.59 bits per heavy atom. The Kier molecular flexibility index (Phi) is 5.13. The van der Waals surface area contributed by atoms with Gasteiger partial charge in [-0.1, -0.05) is 33.8 Å². The maximum absolute atomic E-state index is 12.2. The number of hydrogen-bond acceptors (Lipinski definition) is 4. The first-order chi connectivity index (χ1) is 10.4. The Balaban J connectivity index is 2.19. The fourth-order valence-electron chi connectivity index (χ4n) is 2.26. The minimum Gasteiger partial charge on any atom is -0.392 e. The fraction of sp³-hybridized carbons (Fsp3) is 0.562. The predicted molar refractivity (Wildman–Crippen MR) is 84.2 cm³/mol. The van der Waals surface area contributed by atoms with Gasteiger partial charge in [-0.05, 0) is 24.0 Å². The highest BCUT2D eigenvalue weighted by Crippen LogP contribution is 2.21. The third-order valence-corrected chi connectivity index (χ3v) is 3.77. The summed E-state index contributed by atoms with van der Waals surface area (Å²) >= 11 is 0. The molecule has 0 radical (unpaired) electrons. The van der Waals surface area contributed by atoms with E-state index in [0.717, 1.165) is 5.65 Å². The fourth-order valence-corrected chi connectivity index (χ4v) is 2.26. The summed E-state index contributed by atoms with van der Waals surface area (Å²) in [6.07, 6.45) is 1.34. The molecule has 2 rings (SSSR count). The zero-order chi connectivity index (χ0) is 16.3. The van der Waals surface area contributed by atoms with Gasteiger partial charge in [-0.3, -0.25) is 9.20 Å². The first kappa shape index (κ1) is 16.4. The lowest BCUT2D eigenvalue weighted by atomic mass is 10.0. The van der Waals surface area contributed by atoms with Gasteiger partial charge in [0.25, 0.3) is 0 Å². The predicted octanol–water partition coefficient (Wildman–Crippen LogP) is 1.95. The lowest BCUT2D eigenvalue weighted by molar-refractivity contribution is -0.124. The van der Waals surface area contributed by atoms with Gasteiger partial charge in [0.15, 0.2) is 11.5 Å². The second-order valence-electron chi connectivity index (χ2n) is 6.29. The molecule has 0 aliphatic rings. The van der Waals surface area contributed by atoms with Crippen LogP contribution in [0.2, 0.25) is 0 Å². The van der Waals surface area contributed by atoms with E-state index in [0.29, 0.717) is 5.82 Å². The van der Waals surface area contributed by atoms with Crippen molar-refractivity contribution in [1.29, 1.82) is 0 Å². The van der Waals surface area contributed by atoms with Crippen LogP contribution in [0.5, 0.6) is 0 Å². The number of fused-ring (bicyclic) bond motifs is 1. The minimum atomic E-state index is -0.636. The SMILES string of the molecule is CC(C)C(O)CC(=O)NC(c1nnc2ccccn12)C(C)C. The van der Waals surface area contributed by atoms with Crippen molar-refractivity contribution in [2.24, 2.45) is 11.8 Å². The normalized spacial score (nSPS) is 14.5. The minimum absolute atomic E-state index is 0.0529. The van der Waals surface area contributed by atoms with E-state index in [9.17, 15) is 9.90 Å². The number of rotatable bonds is 6. The lowest BCUT2D eigenvalue weighted by Crippen LogP contribution is -2.35. The van der Waals surface area contributed by atoms with E-state index < -0.39 is 6.10 Å². The summed E-state index contributed by atoms with van der Waals surface area (Å²) in [5.74, 6) is 0.746. The zero-order valence-electron chi connectivity index (χ0n) is 13.5. The number of pyridine rings is 1. The summed E-state index contributed by atoms with van der Waals surface area (Å²) in [4.78, 5) is 12.2. The monoisotopic (exact) mass is 304 g/mol. The van der Waals surface area contributed by atoms with Crippen LogP contribution in [-0.2, 0) is 4.79 Å². The Bertz CT molecular complexity index is 636. The van der Waals surface area contributed by atoms with E-state index in [4.69, 9.17) is 0 Å². The number of carbonyl (C=O) groups excluding carboxylic acids is 1. The van der Waals surface area contributed by atoms with Crippen molar-refractivity contribution in [3.63, 3.8) is 0 Å². The van der Waals surface area contributed by atoms with Gasteiger partial charge in [0.2, 0.25) is 5.91 Å². The van der Waals surface area contributed by atoms with Gasteiger partial charge in [-0.2, -0.15) is 0 Å². The summed E-state index contributed by atoms with van der Waals surface area (Å²) in [5.41, 5.74) is 0.750. The molecule has 6 nitrogen and oxygen atoms in total. The molecule has 2 unspecified atom stereocenters. The molecule has 2 aromatic rings. The first-order valence-corrected chi connectivity index (χ1v) is 7.67. The molecule has 1 amide bonds. The van der Waals surface area contributed by atoms with E-state index in [1.165, 1.54) is 0 Å². The Morgan fingerprint density at radius 1 is 1.23 bits per heavy atom. The second kappa shape index (κ2) is 6.87. The molecule has 6 heteroatoms. The molecule has 2 N–H and O–H groups in total. The van der Waals surface area contributed by atoms with Crippen LogP contribution in [0.25, 0.3) is 5.65 Å². The summed E-state index contributed by atoms with van der Waals surface area (Å²) in [5, 5.41) is 21.2. The molecular formula is C16H24N4O2. The summed E-state index contributed by atoms with van der Waals surface area (Å²) in [6, 6.07) is 5.43. The molecule has 0 bridgehead atoms. The van der Waals surface area contributed by atoms with Gasteiger partial charge in [-0.25, -0.2) is 0 Å². The van der Waals surface area contributed by atoms with E-state index >= 15 is 0 Å². The van der Waals surface area contributed by atoms with Crippen molar-refractivity contribution in [2.45, 2.75) is 46.3 Å². The number of aromatic nitrogens is 3. The largest absolute Gasteiger partial charge is 0.392 e. The number of hydrogen-bond donors (Lipinski definition) is 2. The summed E-state index contributed by atoms with van der Waals surface area (Å²) < 4.78 is 1.88. The van der Waals surface area contributed by atoms with Crippen molar-refractivity contribution < 1.29 is 9.90 Å². The molecule has 0 aliphatic heterocycles. The van der Waals surface area contributed by atoms with Gasteiger partial charge in [0, 0.05) is 6.20 Å². The van der Waals surface area contributed by atoms with Crippen molar-refractivity contribution in [3.8, 4) is 0 Å². The molecule has 0 saturated heterocycles. The Hall–Kier alpha value is -1.95. The number of aliphatic hydroxyl groups excluding tert-OH is 1. The molecule has 120 valence electrons. The van der Waals surface area contributed by atoms with Gasteiger partial charge >= 0.3 is 0 Å². The maximum atomic E-state index is 12.2. The van der Waals surface area contributed by atoms with Crippen LogP contribution in [0.3, 0.4) is 0 Å². The van der Waals surface area contributed by atoms with Gasteiger partial charge in [0.1, 0.15) is 0 Å². The molecule has 2 aromatic heterocycles. The molecule has 2 heterocycles. The van der Waals surface area contributed by atoms with Crippen LogP contribution in [0, 0.1) is 11.8 Å². The molecule has 0 fully saturated rings. The van der Waals surface area contributed by atoms with E-state index in [2.05, 4.69) is 15.5 Å². The molecule has 0 spiro atoms.